The normalized spacial score (nSPS) is 13.7. The molecule has 0 N–H and O–H groups in total. The molecule has 1 aromatic rings. The number of nitrogens with zero attached hydrogens (tertiary/aromatic N) is 2. The summed E-state index contributed by atoms with van der Waals surface area (Å²) in [5.74, 6) is 0.188. The van der Waals surface area contributed by atoms with Crippen LogP contribution in [0.5, 0.6) is 0 Å². The van der Waals surface area contributed by atoms with Crippen molar-refractivity contribution in [2.45, 2.75) is 25.9 Å². The van der Waals surface area contributed by atoms with Gasteiger partial charge in [-0.3, -0.25) is 9.78 Å². The Kier molecular flexibility index (Phi) is 2.81. The average molecular weight is 202 g/mol. The number of rotatable bonds is 3. The van der Waals surface area contributed by atoms with Crippen LogP contribution >= 0.6 is 0 Å². The second-order valence-electron chi connectivity index (χ2n) is 3.69. The number of allylic oxidation sites excluding steroid dienone is 1. The van der Waals surface area contributed by atoms with Gasteiger partial charge in [0.2, 0.25) is 5.91 Å². The van der Waals surface area contributed by atoms with E-state index in [4.69, 9.17) is 0 Å². The predicted octanol–water partition coefficient (Wildman–Crippen LogP) is 1.89. The summed E-state index contributed by atoms with van der Waals surface area (Å²) in [7, 11) is 0. The van der Waals surface area contributed by atoms with Gasteiger partial charge in [0.05, 0.1) is 12.2 Å². The Morgan fingerprint density at radius 2 is 2.47 bits per heavy atom. The molecule has 15 heavy (non-hydrogen) atoms. The number of amides is 1. The van der Waals surface area contributed by atoms with Gasteiger partial charge in [0.1, 0.15) is 0 Å². The summed E-state index contributed by atoms with van der Waals surface area (Å²) in [4.78, 5) is 17.8. The third kappa shape index (κ3) is 2.06. The van der Waals surface area contributed by atoms with E-state index >= 15 is 0 Å². The fourth-order valence-electron chi connectivity index (χ4n) is 1.76. The number of hydrogen-bond donors (Lipinski definition) is 0. The Labute approximate surface area is 89.4 Å². The van der Waals surface area contributed by atoms with E-state index in [0.717, 1.165) is 12.1 Å². The Morgan fingerprint density at radius 3 is 3.20 bits per heavy atom. The highest BCUT2D eigenvalue weighted by molar-refractivity contribution is 5.76. The molecule has 0 aromatic carbocycles. The molecule has 0 spiro atoms. The van der Waals surface area contributed by atoms with Crippen LogP contribution in [-0.4, -0.2) is 15.8 Å². The SMILES string of the molecule is C=CCCC(=O)N1Cc2cccnc2C1. The maximum atomic E-state index is 11.7. The van der Waals surface area contributed by atoms with Crippen molar-refractivity contribution in [1.29, 1.82) is 0 Å². The zero-order valence-electron chi connectivity index (χ0n) is 8.65. The lowest BCUT2D eigenvalue weighted by atomic mass is 10.2. The number of pyridine rings is 1. The molecule has 3 heteroatoms. The zero-order valence-corrected chi connectivity index (χ0v) is 8.65. The van der Waals surface area contributed by atoms with Gasteiger partial charge in [-0.2, -0.15) is 0 Å². The van der Waals surface area contributed by atoms with Gasteiger partial charge in [0.15, 0.2) is 0 Å². The minimum atomic E-state index is 0.188. The van der Waals surface area contributed by atoms with E-state index in [-0.39, 0.29) is 5.91 Å². The zero-order chi connectivity index (χ0) is 10.7. The number of hydrogen-bond acceptors (Lipinski definition) is 2. The summed E-state index contributed by atoms with van der Waals surface area (Å²) < 4.78 is 0. The van der Waals surface area contributed by atoms with Gasteiger partial charge < -0.3 is 4.90 Å². The van der Waals surface area contributed by atoms with Gasteiger partial charge in [-0.25, -0.2) is 0 Å². The summed E-state index contributed by atoms with van der Waals surface area (Å²) in [5.41, 5.74) is 2.20. The van der Waals surface area contributed by atoms with Crippen molar-refractivity contribution in [3.63, 3.8) is 0 Å². The number of aromatic nitrogens is 1. The molecule has 1 aliphatic rings. The minimum absolute atomic E-state index is 0.188. The summed E-state index contributed by atoms with van der Waals surface area (Å²) in [6.45, 7) is 4.98. The van der Waals surface area contributed by atoms with Crippen LogP contribution in [0.2, 0.25) is 0 Å². The van der Waals surface area contributed by atoms with Crippen molar-refractivity contribution in [1.82, 2.24) is 9.88 Å². The molecule has 1 amide bonds. The monoisotopic (exact) mass is 202 g/mol. The molecule has 78 valence electrons. The minimum Gasteiger partial charge on any atom is -0.332 e. The van der Waals surface area contributed by atoms with Crippen molar-refractivity contribution < 1.29 is 4.79 Å². The van der Waals surface area contributed by atoms with Gasteiger partial charge in [0, 0.05) is 19.2 Å². The Morgan fingerprint density at radius 1 is 1.60 bits per heavy atom. The van der Waals surface area contributed by atoms with Crippen LogP contribution in [0.25, 0.3) is 0 Å². The fraction of sp³-hybridized carbons (Fsp3) is 0.333. The molecular formula is C12H14N2O. The molecule has 0 atom stereocenters. The molecule has 0 saturated heterocycles. The number of carbonyl (C=O) groups is 1. The van der Waals surface area contributed by atoms with E-state index in [1.165, 1.54) is 5.56 Å². The third-order valence-electron chi connectivity index (χ3n) is 2.60. The molecule has 2 rings (SSSR count). The Balaban J connectivity index is 2.00. The van der Waals surface area contributed by atoms with Gasteiger partial charge in [-0.05, 0) is 18.1 Å². The van der Waals surface area contributed by atoms with Crippen LogP contribution in [0.4, 0.5) is 0 Å². The van der Waals surface area contributed by atoms with Gasteiger partial charge in [0.25, 0.3) is 0 Å². The van der Waals surface area contributed by atoms with E-state index < -0.39 is 0 Å². The molecule has 0 aliphatic carbocycles. The van der Waals surface area contributed by atoms with Crippen molar-refractivity contribution in [2.24, 2.45) is 0 Å². The molecule has 0 bridgehead atoms. The van der Waals surface area contributed by atoms with Crippen LogP contribution < -0.4 is 0 Å². The molecule has 0 fully saturated rings. The quantitative estimate of drug-likeness (QED) is 0.701. The van der Waals surface area contributed by atoms with E-state index in [2.05, 4.69) is 11.6 Å². The van der Waals surface area contributed by atoms with Crippen molar-refractivity contribution >= 4 is 5.91 Å². The highest BCUT2D eigenvalue weighted by Gasteiger charge is 2.22. The lowest BCUT2D eigenvalue weighted by Crippen LogP contribution is -2.24. The predicted molar refractivity (Wildman–Crippen MR) is 57.9 cm³/mol. The molecule has 0 saturated carbocycles. The van der Waals surface area contributed by atoms with Crippen LogP contribution in [-0.2, 0) is 17.9 Å². The van der Waals surface area contributed by atoms with Crippen LogP contribution in [0.3, 0.4) is 0 Å². The summed E-state index contributed by atoms with van der Waals surface area (Å²) in [5, 5.41) is 0. The first kappa shape index (κ1) is 9.90. The highest BCUT2D eigenvalue weighted by Crippen LogP contribution is 2.20. The topological polar surface area (TPSA) is 33.2 Å². The number of fused-ring (bicyclic) bond motifs is 1. The maximum Gasteiger partial charge on any atom is 0.223 e. The van der Waals surface area contributed by atoms with Crippen LogP contribution in [0.1, 0.15) is 24.1 Å². The smallest absolute Gasteiger partial charge is 0.223 e. The van der Waals surface area contributed by atoms with Gasteiger partial charge in [-0.1, -0.05) is 12.1 Å². The average Bonchev–Trinajstić information content (AvgIpc) is 2.69. The molecule has 1 aromatic heterocycles. The first-order valence-electron chi connectivity index (χ1n) is 5.12. The van der Waals surface area contributed by atoms with Crippen molar-refractivity contribution in [3.05, 3.63) is 42.2 Å². The fourth-order valence-corrected chi connectivity index (χ4v) is 1.76. The van der Waals surface area contributed by atoms with E-state index in [1.54, 1.807) is 12.3 Å². The van der Waals surface area contributed by atoms with Crippen molar-refractivity contribution in [2.75, 3.05) is 0 Å². The Bertz CT molecular complexity index is 362. The van der Waals surface area contributed by atoms with Crippen molar-refractivity contribution in [3.8, 4) is 0 Å². The first-order chi connectivity index (χ1) is 7.31. The molecule has 0 unspecified atom stereocenters. The second-order valence-corrected chi connectivity index (χ2v) is 3.69. The summed E-state index contributed by atoms with van der Waals surface area (Å²) in [6, 6.07) is 3.94. The largest absolute Gasteiger partial charge is 0.332 e. The molecule has 2 heterocycles. The lowest BCUT2D eigenvalue weighted by Gasteiger charge is -2.14. The third-order valence-corrected chi connectivity index (χ3v) is 2.60. The summed E-state index contributed by atoms with van der Waals surface area (Å²) >= 11 is 0. The number of carbonyl (C=O) groups excluding carboxylic acids is 1. The van der Waals surface area contributed by atoms with E-state index in [1.807, 2.05) is 17.0 Å². The molecule has 3 nitrogen and oxygen atoms in total. The van der Waals surface area contributed by atoms with Gasteiger partial charge >= 0.3 is 0 Å². The molecule has 0 radical (unpaired) electrons. The maximum absolute atomic E-state index is 11.7. The summed E-state index contributed by atoms with van der Waals surface area (Å²) in [6.07, 6.45) is 4.85. The molecular weight excluding hydrogens is 188 g/mol. The second kappa shape index (κ2) is 4.26. The van der Waals surface area contributed by atoms with Crippen LogP contribution in [0.15, 0.2) is 31.0 Å². The molecule has 1 aliphatic heterocycles. The lowest BCUT2D eigenvalue weighted by molar-refractivity contribution is -0.131. The van der Waals surface area contributed by atoms with Gasteiger partial charge in [-0.15, -0.1) is 6.58 Å². The van der Waals surface area contributed by atoms with Crippen LogP contribution in [0, 0.1) is 0 Å². The Hall–Kier alpha value is -1.64. The van der Waals surface area contributed by atoms with E-state index in [9.17, 15) is 4.79 Å². The standard InChI is InChI=1S/C12H14N2O/c1-2-3-6-12(15)14-8-10-5-4-7-13-11(10)9-14/h2,4-5,7H,1,3,6,8-9H2. The van der Waals surface area contributed by atoms with E-state index in [0.29, 0.717) is 19.5 Å². The highest BCUT2D eigenvalue weighted by atomic mass is 16.2. The first-order valence-corrected chi connectivity index (χ1v) is 5.12.